The number of aromatic nitrogens is 3. The highest BCUT2D eigenvalue weighted by molar-refractivity contribution is 5.70. The molecule has 2 unspecified atom stereocenters. The molecule has 1 amide bonds. The van der Waals surface area contributed by atoms with Gasteiger partial charge in [-0.2, -0.15) is 0 Å². The maximum Gasteiger partial charge on any atom is 0.411 e. The maximum atomic E-state index is 13.7. The van der Waals surface area contributed by atoms with Gasteiger partial charge in [0.2, 0.25) is 0 Å². The summed E-state index contributed by atoms with van der Waals surface area (Å²) in [7, 11) is 2.17. The first kappa shape index (κ1) is 24.6. The van der Waals surface area contributed by atoms with Crippen LogP contribution in [-0.4, -0.2) is 69.1 Å². The van der Waals surface area contributed by atoms with Crippen molar-refractivity contribution in [1.29, 1.82) is 0 Å². The number of pyridine rings is 2. The summed E-state index contributed by atoms with van der Waals surface area (Å²) in [4.78, 5) is 30.1. The van der Waals surface area contributed by atoms with Gasteiger partial charge in [0.05, 0.1) is 23.5 Å². The highest BCUT2D eigenvalue weighted by Gasteiger charge is 2.40. The lowest BCUT2D eigenvalue weighted by Gasteiger charge is -2.42. The molecule has 0 N–H and O–H groups in total. The van der Waals surface area contributed by atoms with Crippen molar-refractivity contribution in [3.8, 4) is 0 Å². The second kappa shape index (κ2) is 9.73. The van der Waals surface area contributed by atoms with E-state index in [0.29, 0.717) is 0 Å². The Morgan fingerprint density at radius 2 is 1.78 bits per heavy atom. The topological polar surface area (TPSA) is 66.2 Å². The second-order valence-corrected chi connectivity index (χ2v) is 11.1. The Bertz CT molecular complexity index is 1220. The van der Waals surface area contributed by atoms with Crippen LogP contribution in [0.2, 0.25) is 0 Å². The van der Waals surface area contributed by atoms with Crippen LogP contribution in [0.15, 0.2) is 42.7 Å². The standard InChI is InChI=1S/C28H38N6O2/c1-20-9-8-14-29-26(20)23-11-6-10-22(34(23)27(35)36-28(2,3)4)21-19-33-24(30-21)12-7-13-25(33)32-17-15-31(5)16-18-32/h7-9,12-14,19,22-23H,6,10-11,15-18H2,1-5H3. The Kier molecular flexibility index (Phi) is 6.64. The van der Waals surface area contributed by atoms with E-state index in [1.807, 2.05) is 44.0 Å². The SMILES string of the molecule is Cc1cccnc1C1CCCC(c2cn3c(N4CCN(C)CC4)cccc3n2)N1C(=O)OC(C)(C)C. The molecule has 2 aliphatic rings. The number of likely N-dealkylation sites (N-methyl/N-ethyl adjacent to an activating group) is 1. The highest BCUT2D eigenvalue weighted by Crippen LogP contribution is 2.42. The Balaban J connectivity index is 1.54. The Morgan fingerprint density at radius 3 is 2.50 bits per heavy atom. The predicted molar refractivity (Wildman–Crippen MR) is 141 cm³/mol. The summed E-state index contributed by atoms with van der Waals surface area (Å²) < 4.78 is 8.12. The van der Waals surface area contributed by atoms with E-state index in [4.69, 9.17) is 14.7 Å². The van der Waals surface area contributed by atoms with E-state index in [2.05, 4.69) is 52.6 Å². The molecule has 5 rings (SSSR count). The van der Waals surface area contributed by atoms with Gasteiger partial charge in [-0.3, -0.25) is 14.3 Å². The van der Waals surface area contributed by atoms with E-state index in [-0.39, 0.29) is 18.2 Å². The monoisotopic (exact) mass is 490 g/mol. The second-order valence-electron chi connectivity index (χ2n) is 11.1. The van der Waals surface area contributed by atoms with Crippen molar-refractivity contribution in [1.82, 2.24) is 24.2 Å². The number of rotatable bonds is 3. The molecule has 3 aromatic rings. The molecule has 2 atom stereocenters. The Hall–Kier alpha value is -3.13. The van der Waals surface area contributed by atoms with Crippen LogP contribution in [0.25, 0.3) is 5.65 Å². The minimum atomic E-state index is -0.587. The predicted octanol–water partition coefficient (Wildman–Crippen LogP) is 4.99. The summed E-state index contributed by atoms with van der Waals surface area (Å²) in [6, 6.07) is 9.96. The maximum absolute atomic E-state index is 13.7. The van der Waals surface area contributed by atoms with Gasteiger partial charge < -0.3 is 14.5 Å². The van der Waals surface area contributed by atoms with E-state index in [9.17, 15) is 4.79 Å². The Morgan fingerprint density at radius 1 is 1.03 bits per heavy atom. The number of fused-ring (bicyclic) bond motifs is 1. The number of ether oxygens (including phenoxy) is 1. The average molecular weight is 491 g/mol. The first-order chi connectivity index (χ1) is 17.2. The van der Waals surface area contributed by atoms with Crippen molar-refractivity contribution < 1.29 is 9.53 Å². The number of hydrogen-bond acceptors (Lipinski definition) is 6. The van der Waals surface area contributed by atoms with E-state index in [0.717, 1.165) is 73.9 Å². The molecule has 2 fully saturated rings. The van der Waals surface area contributed by atoms with Gasteiger partial charge in [-0.1, -0.05) is 12.1 Å². The van der Waals surface area contributed by atoms with E-state index < -0.39 is 5.60 Å². The van der Waals surface area contributed by atoms with Gasteiger partial charge in [0.15, 0.2) is 0 Å². The Labute approximate surface area is 213 Å². The number of piperazine rings is 1. The highest BCUT2D eigenvalue weighted by atomic mass is 16.6. The summed E-state index contributed by atoms with van der Waals surface area (Å²) in [6.07, 6.45) is 6.32. The molecule has 0 spiro atoms. The van der Waals surface area contributed by atoms with Crippen molar-refractivity contribution in [2.45, 2.75) is 64.6 Å². The summed E-state index contributed by atoms with van der Waals surface area (Å²) >= 11 is 0. The fraction of sp³-hybridized carbons (Fsp3) is 0.536. The van der Waals surface area contributed by atoms with Gasteiger partial charge in [-0.15, -0.1) is 0 Å². The number of carbonyl (C=O) groups is 1. The minimum Gasteiger partial charge on any atom is -0.444 e. The van der Waals surface area contributed by atoms with E-state index >= 15 is 0 Å². The lowest BCUT2D eigenvalue weighted by molar-refractivity contribution is -0.00795. The van der Waals surface area contributed by atoms with Crippen molar-refractivity contribution in [3.63, 3.8) is 0 Å². The molecule has 8 heteroatoms. The van der Waals surface area contributed by atoms with Crippen molar-refractivity contribution >= 4 is 17.6 Å². The van der Waals surface area contributed by atoms with Crippen LogP contribution >= 0.6 is 0 Å². The first-order valence-electron chi connectivity index (χ1n) is 13.1. The van der Waals surface area contributed by atoms with Crippen LogP contribution < -0.4 is 4.90 Å². The molecule has 0 aliphatic carbocycles. The molecule has 2 aliphatic heterocycles. The van der Waals surface area contributed by atoms with Gasteiger partial charge in [-0.05, 0) is 77.8 Å². The third-order valence-corrected chi connectivity index (χ3v) is 7.25. The molecular weight excluding hydrogens is 452 g/mol. The number of piperidine rings is 1. The van der Waals surface area contributed by atoms with Crippen molar-refractivity contribution in [3.05, 3.63) is 59.7 Å². The molecule has 0 bridgehead atoms. The third kappa shape index (κ3) is 4.91. The summed E-state index contributed by atoms with van der Waals surface area (Å²) in [5.41, 5.74) is 3.25. The number of anilines is 1. The molecule has 36 heavy (non-hydrogen) atoms. The van der Waals surface area contributed by atoms with Gasteiger partial charge in [-0.25, -0.2) is 9.78 Å². The molecule has 0 aromatic carbocycles. The van der Waals surface area contributed by atoms with E-state index in [1.165, 1.54) is 0 Å². The first-order valence-corrected chi connectivity index (χ1v) is 13.1. The fourth-order valence-electron chi connectivity index (χ4n) is 5.44. The van der Waals surface area contributed by atoms with Gasteiger partial charge in [0.25, 0.3) is 0 Å². The molecule has 3 aromatic heterocycles. The lowest BCUT2D eigenvalue weighted by Crippen LogP contribution is -2.45. The molecule has 2 saturated heterocycles. The number of hydrogen-bond donors (Lipinski definition) is 0. The molecule has 192 valence electrons. The van der Waals surface area contributed by atoms with Crippen LogP contribution in [-0.2, 0) is 4.74 Å². The van der Waals surface area contributed by atoms with Crippen LogP contribution in [0, 0.1) is 6.92 Å². The van der Waals surface area contributed by atoms with Crippen LogP contribution in [0.4, 0.5) is 10.6 Å². The molecule has 5 heterocycles. The number of likely N-dealkylation sites (tertiary alicyclic amines) is 1. The smallest absolute Gasteiger partial charge is 0.411 e. The van der Waals surface area contributed by atoms with Crippen LogP contribution in [0.3, 0.4) is 0 Å². The van der Waals surface area contributed by atoms with E-state index in [1.54, 1.807) is 0 Å². The van der Waals surface area contributed by atoms with Crippen molar-refractivity contribution in [2.75, 3.05) is 38.1 Å². The zero-order chi connectivity index (χ0) is 25.4. The quantitative estimate of drug-likeness (QED) is 0.515. The van der Waals surface area contributed by atoms with Crippen LogP contribution in [0.5, 0.6) is 0 Å². The molecule has 0 saturated carbocycles. The molecule has 0 radical (unpaired) electrons. The normalized spacial score (nSPS) is 21.7. The fourth-order valence-corrected chi connectivity index (χ4v) is 5.44. The van der Waals surface area contributed by atoms with Gasteiger partial charge >= 0.3 is 6.09 Å². The summed E-state index contributed by atoms with van der Waals surface area (Å²) in [6.45, 7) is 11.9. The third-order valence-electron chi connectivity index (χ3n) is 7.25. The van der Waals surface area contributed by atoms with Gasteiger partial charge in [0, 0.05) is 38.6 Å². The van der Waals surface area contributed by atoms with Crippen LogP contribution in [0.1, 0.15) is 69.1 Å². The largest absolute Gasteiger partial charge is 0.444 e. The van der Waals surface area contributed by atoms with Crippen molar-refractivity contribution in [2.24, 2.45) is 0 Å². The summed E-state index contributed by atoms with van der Waals surface area (Å²) in [5.74, 6) is 1.15. The number of nitrogens with zero attached hydrogens (tertiary/aromatic N) is 6. The summed E-state index contributed by atoms with van der Waals surface area (Å²) in [5, 5.41) is 0. The molecular formula is C28H38N6O2. The average Bonchev–Trinajstić information content (AvgIpc) is 3.28. The number of aryl methyl sites for hydroxylation is 1. The minimum absolute atomic E-state index is 0.151. The van der Waals surface area contributed by atoms with Gasteiger partial charge in [0.1, 0.15) is 17.1 Å². The zero-order valence-electron chi connectivity index (χ0n) is 22.1. The molecule has 8 nitrogen and oxygen atoms in total. The lowest BCUT2D eigenvalue weighted by atomic mass is 9.91. The number of carbonyl (C=O) groups excluding carboxylic acids is 1. The number of amides is 1. The number of imidazole rings is 1. The zero-order valence-corrected chi connectivity index (χ0v) is 22.1.